The molecule has 0 unspecified atom stereocenters. The zero-order valence-electron chi connectivity index (χ0n) is 4.50. The minimum absolute atomic E-state index is 0.281. The lowest BCUT2D eigenvalue weighted by molar-refractivity contribution is -0.140. The van der Waals surface area contributed by atoms with Gasteiger partial charge in [-0.05, 0) is 6.42 Å². The SMILES string of the molecule is O=C1C[C@@H]2CC=CN12. The Morgan fingerprint density at radius 2 is 2.62 bits per heavy atom. The first-order chi connectivity index (χ1) is 3.88. The molecule has 0 radical (unpaired) electrons. The van der Waals surface area contributed by atoms with Gasteiger partial charge in [0, 0.05) is 18.7 Å². The Hall–Kier alpha value is -0.790. The number of fused-ring (bicyclic) bond motifs is 1. The van der Waals surface area contributed by atoms with Crippen molar-refractivity contribution in [3.05, 3.63) is 12.3 Å². The van der Waals surface area contributed by atoms with Gasteiger partial charge in [0.05, 0.1) is 0 Å². The summed E-state index contributed by atoms with van der Waals surface area (Å²) in [4.78, 5) is 12.4. The van der Waals surface area contributed by atoms with Crippen molar-refractivity contribution >= 4 is 5.91 Å². The van der Waals surface area contributed by atoms with Crippen LogP contribution in [0.25, 0.3) is 0 Å². The summed E-state index contributed by atoms with van der Waals surface area (Å²) in [7, 11) is 0. The Kier molecular flexibility index (Phi) is 0.583. The molecular formula is C6H7NO. The first kappa shape index (κ1) is 4.13. The fraction of sp³-hybridized carbons (Fsp3) is 0.500. The number of amides is 1. The van der Waals surface area contributed by atoms with Crippen molar-refractivity contribution in [2.24, 2.45) is 0 Å². The van der Waals surface area contributed by atoms with Gasteiger partial charge in [-0.25, -0.2) is 0 Å². The third kappa shape index (κ3) is 0.312. The van der Waals surface area contributed by atoms with E-state index in [-0.39, 0.29) is 5.91 Å². The van der Waals surface area contributed by atoms with Gasteiger partial charge in [0.1, 0.15) is 0 Å². The largest absolute Gasteiger partial charge is 0.315 e. The van der Waals surface area contributed by atoms with Crippen LogP contribution in [-0.2, 0) is 4.79 Å². The van der Waals surface area contributed by atoms with E-state index in [1.807, 2.05) is 6.20 Å². The third-order valence-corrected chi connectivity index (χ3v) is 1.77. The summed E-state index contributed by atoms with van der Waals surface area (Å²) in [6.45, 7) is 0. The fourth-order valence-corrected chi connectivity index (χ4v) is 1.23. The molecule has 8 heavy (non-hydrogen) atoms. The number of carbonyl (C=O) groups is 1. The van der Waals surface area contributed by atoms with E-state index < -0.39 is 0 Å². The topological polar surface area (TPSA) is 20.3 Å². The average Bonchev–Trinajstić information content (AvgIpc) is 2.09. The van der Waals surface area contributed by atoms with Crippen LogP contribution in [0.4, 0.5) is 0 Å². The van der Waals surface area contributed by atoms with Gasteiger partial charge in [0.15, 0.2) is 0 Å². The molecule has 0 bridgehead atoms. The van der Waals surface area contributed by atoms with E-state index in [9.17, 15) is 4.79 Å². The molecule has 2 aliphatic rings. The van der Waals surface area contributed by atoms with Crippen molar-refractivity contribution in [2.75, 3.05) is 0 Å². The number of β-lactam (4-membered cyclic amide) rings is 1. The van der Waals surface area contributed by atoms with Crippen molar-refractivity contribution in [3.8, 4) is 0 Å². The lowest BCUT2D eigenvalue weighted by atomic mass is 10.0. The molecule has 0 aliphatic carbocycles. The Balaban J connectivity index is 2.21. The molecule has 0 aromatic heterocycles. The predicted octanol–water partition coefficient (Wildman–Crippen LogP) is 0.505. The van der Waals surface area contributed by atoms with Gasteiger partial charge in [-0.3, -0.25) is 4.79 Å². The third-order valence-electron chi connectivity index (χ3n) is 1.77. The number of nitrogens with zero attached hydrogens (tertiary/aromatic N) is 1. The molecule has 1 atom stereocenters. The second-order valence-electron chi connectivity index (χ2n) is 2.28. The molecule has 2 nitrogen and oxygen atoms in total. The highest BCUT2D eigenvalue weighted by Gasteiger charge is 2.35. The van der Waals surface area contributed by atoms with Crippen LogP contribution >= 0.6 is 0 Å². The molecule has 0 aromatic carbocycles. The highest BCUT2D eigenvalue weighted by atomic mass is 16.2. The summed E-state index contributed by atoms with van der Waals surface area (Å²) >= 11 is 0. The molecule has 1 fully saturated rings. The van der Waals surface area contributed by atoms with Gasteiger partial charge in [-0.15, -0.1) is 0 Å². The van der Waals surface area contributed by atoms with Gasteiger partial charge >= 0.3 is 0 Å². The number of rotatable bonds is 0. The summed E-state index contributed by atoms with van der Waals surface area (Å²) in [5.74, 6) is 0.281. The lowest BCUT2D eigenvalue weighted by Crippen LogP contribution is -2.45. The maximum absolute atomic E-state index is 10.6. The van der Waals surface area contributed by atoms with E-state index in [1.165, 1.54) is 0 Å². The molecule has 42 valence electrons. The van der Waals surface area contributed by atoms with Crippen LogP contribution in [0.2, 0.25) is 0 Å². The molecule has 1 saturated heterocycles. The van der Waals surface area contributed by atoms with Crippen LogP contribution in [0.3, 0.4) is 0 Å². The van der Waals surface area contributed by atoms with Crippen LogP contribution in [-0.4, -0.2) is 16.8 Å². The number of hydrogen-bond donors (Lipinski definition) is 0. The molecule has 1 amide bonds. The van der Waals surface area contributed by atoms with E-state index in [0.29, 0.717) is 6.04 Å². The monoisotopic (exact) mass is 109 g/mol. The fourth-order valence-electron chi connectivity index (χ4n) is 1.23. The van der Waals surface area contributed by atoms with Crippen LogP contribution in [0.1, 0.15) is 12.8 Å². The van der Waals surface area contributed by atoms with E-state index in [1.54, 1.807) is 4.90 Å². The Bertz CT molecular complexity index is 162. The van der Waals surface area contributed by atoms with Crippen molar-refractivity contribution in [2.45, 2.75) is 18.9 Å². The smallest absolute Gasteiger partial charge is 0.228 e. The van der Waals surface area contributed by atoms with Gasteiger partial charge in [-0.2, -0.15) is 0 Å². The number of carbonyl (C=O) groups excluding carboxylic acids is 1. The normalized spacial score (nSPS) is 32.8. The second-order valence-corrected chi connectivity index (χ2v) is 2.28. The minimum Gasteiger partial charge on any atom is -0.315 e. The van der Waals surface area contributed by atoms with Gasteiger partial charge in [-0.1, -0.05) is 6.08 Å². The zero-order chi connectivity index (χ0) is 5.56. The molecule has 2 aliphatic heterocycles. The summed E-state index contributed by atoms with van der Waals surface area (Å²) in [5, 5.41) is 0. The quantitative estimate of drug-likeness (QED) is 0.415. The van der Waals surface area contributed by atoms with Gasteiger partial charge in [0.25, 0.3) is 0 Å². The van der Waals surface area contributed by atoms with Crippen LogP contribution in [0.15, 0.2) is 12.3 Å². The maximum atomic E-state index is 10.6. The molecule has 0 saturated carbocycles. The highest BCUT2D eigenvalue weighted by molar-refractivity contribution is 5.84. The summed E-state index contributed by atoms with van der Waals surface area (Å²) in [6, 6.07) is 0.544. The molecule has 2 heteroatoms. The average molecular weight is 109 g/mol. The van der Waals surface area contributed by atoms with Crippen molar-refractivity contribution in [1.82, 2.24) is 4.90 Å². The molecule has 0 aromatic rings. The van der Waals surface area contributed by atoms with Crippen molar-refractivity contribution < 1.29 is 4.79 Å². The van der Waals surface area contributed by atoms with E-state index in [0.717, 1.165) is 12.8 Å². The maximum Gasteiger partial charge on any atom is 0.228 e. The van der Waals surface area contributed by atoms with Crippen LogP contribution in [0, 0.1) is 0 Å². The van der Waals surface area contributed by atoms with E-state index >= 15 is 0 Å². The van der Waals surface area contributed by atoms with E-state index in [2.05, 4.69) is 6.08 Å². The Morgan fingerprint density at radius 3 is 3.12 bits per heavy atom. The Labute approximate surface area is 47.8 Å². The minimum atomic E-state index is 0.281. The van der Waals surface area contributed by atoms with Gasteiger partial charge in [0.2, 0.25) is 5.91 Å². The van der Waals surface area contributed by atoms with E-state index in [4.69, 9.17) is 0 Å². The molecule has 2 heterocycles. The van der Waals surface area contributed by atoms with Crippen molar-refractivity contribution in [3.63, 3.8) is 0 Å². The summed E-state index contributed by atoms with van der Waals surface area (Å²) < 4.78 is 0. The van der Waals surface area contributed by atoms with Gasteiger partial charge < -0.3 is 4.90 Å². The first-order valence-corrected chi connectivity index (χ1v) is 2.86. The lowest BCUT2D eigenvalue weighted by Gasteiger charge is -2.32. The molecular weight excluding hydrogens is 102 g/mol. The zero-order valence-corrected chi connectivity index (χ0v) is 4.50. The molecule has 0 spiro atoms. The van der Waals surface area contributed by atoms with Crippen LogP contribution < -0.4 is 0 Å². The summed E-state index contributed by atoms with van der Waals surface area (Å²) in [6.07, 6.45) is 5.78. The standard InChI is InChI=1S/C6H7NO/c8-6-4-5-2-1-3-7(5)6/h1,3,5H,2,4H2/t5-/m0/s1. The molecule has 0 N–H and O–H groups in total. The highest BCUT2D eigenvalue weighted by Crippen LogP contribution is 2.27. The first-order valence-electron chi connectivity index (χ1n) is 2.86. The predicted molar refractivity (Wildman–Crippen MR) is 29.0 cm³/mol. The Morgan fingerprint density at radius 1 is 1.75 bits per heavy atom. The molecule has 2 rings (SSSR count). The second kappa shape index (κ2) is 1.13. The number of hydrogen-bond acceptors (Lipinski definition) is 1. The van der Waals surface area contributed by atoms with Crippen LogP contribution in [0.5, 0.6) is 0 Å². The summed E-state index contributed by atoms with van der Waals surface area (Å²) in [5.41, 5.74) is 0. The van der Waals surface area contributed by atoms with Crippen molar-refractivity contribution in [1.29, 1.82) is 0 Å².